The molecule has 2 N–H and O–H groups in total. The van der Waals surface area contributed by atoms with Crippen molar-refractivity contribution in [1.29, 1.82) is 0 Å². The van der Waals surface area contributed by atoms with Crippen LogP contribution in [0.3, 0.4) is 0 Å². The van der Waals surface area contributed by atoms with Gasteiger partial charge >= 0.3 is 0 Å². The number of aromatic amines is 1. The molecule has 0 radical (unpaired) electrons. The lowest BCUT2D eigenvalue weighted by molar-refractivity contribution is -0.120. The minimum absolute atomic E-state index is 0.0821. The van der Waals surface area contributed by atoms with Crippen molar-refractivity contribution in [3.63, 3.8) is 0 Å². The Hall–Kier alpha value is -1.86. The summed E-state index contributed by atoms with van der Waals surface area (Å²) in [5.41, 5.74) is 0.441. The van der Waals surface area contributed by atoms with E-state index < -0.39 is 0 Å². The topological polar surface area (TPSA) is 84.1 Å². The molecule has 2 atom stereocenters. The van der Waals surface area contributed by atoms with E-state index in [9.17, 15) is 9.59 Å². The van der Waals surface area contributed by atoms with Crippen molar-refractivity contribution in [2.75, 3.05) is 13.2 Å². The molecule has 0 spiro atoms. The van der Waals surface area contributed by atoms with E-state index >= 15 is 0 Å². The van der Waals surface area contributed by atoms with E-state index in [2.05, 4.69) is 15.3 Å². The zero-order chi connectivity index (χ0) is 16.2. The Labute approximate surface area is 138 Å². The third kappa shape index (κ3) is 3.92. The number of aromatic nitrogens is 2. The number of carbonyl (C=O) groups excluding carboxylic acids is 1. The lowest BCUT2D eigenvalue weighted by Gasteiger charge is -2.14. The van der Waals surface area contributed by atoms with Gasteiger partial charge in [0.1, 0.15) is 0 Å². The summed E-state index contributed by atoms with van der Waals surface area (Å²) in [6, 6.07) is 7.15. The van der Waals surface area contributed by atoms with E-state index in [0.29, 0.717) is 22.6 Å². The Morgan fingerprint density at radius 1 is 1.52 bits per heavy atom. The number of nitrogens with zero attached hydrogens (tertiary/aromatic N) is 1. The van der Waals surface area contributed by atoms with E-state index in [0.717, 1.165) is 19.4 Å². The van der Waals surface area contributed by atoms with Crippen molar-refractivity contribution in [3.05, 3.63) is 34.6 Å². The summed E-state index contributed by atoms with van der Waals surface area (Å²) in [6.07, 6.45) is 2.16. The van der Waals surface area contributed by atoms with Crippen molar-refractivity contribution in [2.45, 2.75) is 36.3 Å². The van der Waals surface area contributed by atoms with Gasteiger partial charge in [0.25, 0.3) is 5.56 Å². The van der Waals surface area contributed by atoms with Crippen LogP contribution in [0.4, 0.5) is 0 Å². The van der Waals surface area contributed by atoms with E-state index in [1.807, 2.05) is 6.07 Å². The van der Waals surface area contributed by atoms with E-state index in [1.54, 1.807) is 25.1 Å². The van der Waals surface area contributed by atoms with Crippen molar-refractivity contribution in [1.82, 2.24) is 15.3 Å². The van der Waals surface area contributed by atoms with Gasteiger partial charge in [-0.1, -0.05) is 23.9 Å². The van der Waals surface area contributed by atoms with Crippen LogP contribution in [0.15, 0.2) is 34.2 Å². The molecule has 0 bridgehead atoms. The predicted molar refractivity (Wildman–Crippen MR) is 89.7 cm³/mol. The monoisotopic (exact) mass is 333 g/mol. The number of hydrogen-bond donors (Lipinski definition) is 2. The third-order valence-corrected chi connectivity index (χ3v) is 4.76. The predicted octanol–water partition coefficient (Wildman–Crippen LogP) is 1.70. The number of hydrogen-bond acceptors (Lipinski definition) is 5. The minimum atomic E-state index is -0.347. The van der Waals surface area contributed by atoms with Gasteiger partial charge in [0.15, 0.2) is 5.16 Å². The molecule has 3 rings (SSSR count). The zero-order valence-electron chi connectivity index (χ0n) is 12.9. The molecule has 2 aromatic rings. The average molecular weight is 333 g/mol. The van der Waals surface area contributed by atoms with E-state index in [-0.39, 0.29) is 22.8 Å². The average Bonchev–Trinajstić information content (AvgIpc) is 3.06. The molecule has 122 valence electrons. The van der Waals surface area contributed by atoms with Gasteiger partial charge in [-0.2, -0.15) is 0 Å². The maximum absolute atomic E-state index is 12.1. The number of H-pyrrole nitrogens is 1. The summed E-state index contributed by atoms with van der Waals surface area (Å²) in [6.45, 7) is 3.10. The number of thioether (sulfide) groups is 1. The van der Waals surface area contributed by atoms with Gasteiger partial charge in [-0.05, 0) is 31.9 Å². The van der Waals surface area contributed by atoms with Gasteiger partial charge in [-0.25, -0.2) is 4.98 Å². The first kappa shape index (κ1) is 16.0. The highest BCUT2D eigenvalue weighted by atomic mass is 32.2. The number of amides is 1. The highest BCUT2D eigenvalue weighted by Gasteiger charge is 2.20. The van der Waals surface area contributed by atoms with Crippen molar-refractivity contribution in [3.8, 4) is 0 Å². The smallest absolute Gasteiger partial charge is 0.259 e. The SMILES string of the molecule is C[C@H](Sc1nc2ccccc2c(=O)[nH]1)C(=O)NC[C@H]1CCCO1. The van der Waals surface area contributed by atoms with Crippen molar-refractivity contribution < 1.29 is 9.53 Å². The Morgan fingerprint density at radius 2 is 2.35 bits per heavy atom. The zero-order valence-corrected chi connectivity index (χ0v) is 13.7. The molecular formula is C16H19N3O3S. The lowest BCUT2D eigenvalue weighted by Crippen LogP contribution is -2.36. The molecule has 7 heteroatoms. The van der Waals surface area contributed by atoms with Gasteiger partial charge < -0.3 is 15.0 Å². The van der Waals surface area contributed by atoms with Gasteiger partial charge in [-0.3, -0.25) is 9.59 Å². The number of fused-ring (bicyclic) bond motifs is 1. The number of carbonyl (C=O) groups is 1. The first-order valence-electron chi connectivity index (χ1n) is 7.68. The number of ether oxygens (including phenoxy) is 1. The van der Waals surface area contributed by atoms with Crippen LogP contribution >= 0.6 is 11.8 Å². The highest BCUT2D eigenvalue weighted by molar-refractivity contribution is 8.00. The van der Waals surface area contributed by atoms with Crippen LogP contribution in [-0.4, -0.2) is 40.4 Å². The molecule has 6 nitrogen and oxygen atoms in total. The molecular weight excluding hydrogens is 314 g/mol. The summed E-state index contributed by atoms with van der Waals surface area (Å²) < 4.78 is 5.48. The molecule has 1 amide bonds. The van der Waals surface area contributed by atoms with Crippen molar-refractivity contribution >= 4 is 28.6 Å². The molecule has 0 saturated carbocycles. The fourth-order valence-electron chi connectivity index (χ4n) is 2.51. The summed E-state index contributed by atoms with van der Waals surface area (Å²) in [5, 5.41) is 3.55. The van der Waals surface area contributed by atoms with Gasteiger partial charge in [0.2, 0.25) is 5.91 Å². The third-order valence-electron chi connectivity index (χ3n) is 3.78. The normalized spacial score (nSPS) is 18.9. The molecule has 23 heavy (non-hydrogen) atoms. The quantitative estimate of drug-likeness (QED) is 0.643. The largest absolute Gasteiger partial charge is 0.376 e. The molecule has 0 unspecified atom stereocenters. The first-order chi connectivity index (χ1) is 11.1. The van der Waals surface area contributed by atoms with Crippen LogP contribution in [0.5, 0.6) is 0 Å². The number of rotatable bonds is 5. The van der Waals surface area contributed by atoms with E-state index in [1.165, 1.54) is 11.8 Å². The lowest BCUT2D eigenvalue weighted by atomic mass is 10.2. The fourth-order valence-corrected chi connectivity index (χ4v) is 3.33. The second kappa shape index (κ2) is 7.14. The van der Waals surface area contributed by atoms with Gasteiger partial charge in [-0.15, -0.1) is 0 Å². The van der Waals surface area contributed by atoms with Crippen LogP contribution in [0.1, 0.15) is 19.8 Å². The molecule has 1 aromatic heterocycles. The van der Waals surface area contributed by atoms with Crippen LogP contribution in [-0.2, 0) is 9.53 Å². The first-order valence-corrected chi connectivity index (χ1v) is 8.56. The van der Waals surface area contributed by atoms with Crippen LogP contribution < -0.4 is 10.9 Å². The molecule has 0 aliphatic carbocycles. The second-order valence-electron chi connectivity index (χ2n) is 5.53. The summed E-state index contributed by atoms with van der Waals surface area (Å²) in [7, 11) is 0. The molecule has 1 aliphatic heterocycles. The Bertz CT molecular complexity index is 756. The fraction of sp³-hybridized carbons (Fsp3) is 0.438. The molecule has 1 fully saturated rings. The number of benzene rings is 1. The number of nitrogens with one attached hydrogen (secondary N) is 2. The van der Waals surface area contributed by atoms with Crippen molar-refractivity contribution in [2.24, 2.45) is 0 Å². The summed E-state index contributed by atoms with van der Waals surface area (Å²) in [4.78, 5) is 31.3. The molecule has 1 aromatic carbocycles. The molecule has 1 aliphatic rings. The molecule has 2 heterocycles. The van der Waals surface area contributed by atoms with Crippen LogP contribution in [0.25, 0.3) is 10.9 Å². The van der Waals surface area contributed by atoms with Gasteiger partial charge in [0.05, 0.1) is 22.3 Å². The maximum Gasteiger partial charge on any atom is 0.259 e. The molecule has 1 saturated heterocycles. The second-order valence-corrected chi connectivity index (χ2v) is 6.86. The minimum Gasteiger partial charge on any atom is -0.376 e. The maximum atomic E-state index is 12.1. The number of para-hydroxylation sites is 1. The Morgan fingerprint density at radius 3 is 3.13 bits per heavy atom. The Kier molecular flexibility index (Phi) is 4.97. The standard InChI is InChI=1S/C16H19N3O3S/c1-10(14(20)17-9-11-5-4-8-22-11)23-16-18-13-7-3-2-6-12(13)15(21)19-16/h2-3,6-7,10-11H,4-5,8-9H2,1H3,(H,17,20)(H,18,19,21)/t10-,11+/m0/s1. The van der Waals surface area contributed by atoms with E-state index in [4.69, 9.17) is 4.74 Å². The van der Waals surface area contributed by atoms with Crippen LogP contribution in [0, 0.1) is 0 Å². The summed E-state index contributed by atoms with van der Waals surface area (Å²) >= 11 is 1.24. The highest BCUT2D eigenvalue weighted by Crippen LogP contribution is 2.20. The summed E-state index contributed by atoms with van der Waals surface area (Å²) in [5.74, 6) is -0.0821. The van der Waals surface area contributed by atoms with Crippen LogP contribution in [0.2, 0.25) is 0 Å². The Balaban J connectivity index is 1.63. The van der Waals surface area contributed by atoms with Gasteiger partial charge in [0, 0.05) is 13.2 Å².